The summed E-state index contributed by atoms with van der Waals surface area (Å²) in [6, 6.07) is 7.46. The molecule has 0 aliphatic carbocycles. The lowest BCUT2D eigenvalue weighted by Crippen LogP contribution is -2.44. The average molecular weight is 322 g/mol. The maximum Gasteiger partial charge on any atom is 0.317 e. The summed E-state index contributed by atoms with van der Waals surface area (Å²) in [5, 5.41) is 11.7. The van der Waals surface area contributed by atoms with Gasteiger partial charge >= 0.3 is 12.0 Å². The largest absolute Gasteiger partial charge is 0.489 e. The van der Waals surface area contributed by atoms with Crippen molar-refractivity contribution in [2.75, 3.05) is 20.1 Å². The Morgan fingerprint density at radius 1 is 1.39 bits per heavy atom. The molecular weight excluding hydrogens is 296 g/mol. The first-order valence-electron chi connectivity index (χ1n) is 7.78. The van der Waals surface area contributed by atoms with E-state index in [1.165, 1.54) is 4.90 Å². The Bertz CT molecular complexity index is 533. The molecule has 0 bridgehead atoms. The second kappa shape index (κ2) is 9.02. The lowest BCUT2D eigenvalue weighted by atomic mass is 10.2. The van der Waals surface area contributed by atoms with Crippen LogP contribution in [-0.4, -0.2) is 48.2 Å². The molecule has 0 fully saturated rings. The highest BCUT2D eigenvalue weighted by Gasteiger charge is 2.18. The fourth-order valence-corrected chi connectivity index (χ4v) is 2.06. The Morgan fingerprint density at radius 3 is 2.65 bits per heavy atom. The lowest BCUT2D eigenvalue weighted by Gasteiger charge is -2.23. The number of nitrogens with zero attached hydrogens (tertiary/aromatic N) is 1. The first kappa shape index (κ1) is 18.8. The zero-order chi connectivity index (χ0) is 17.4. The van der Waals surface area contributed by atoms with Gasteiger partial charge in [0, 0.05) is 13.6 Å². The third-order valence-electron chi connectivity index (χ3n) is 3.54. The van der Waals surface area contributed by atoms with Crippen molar-refractivity contribution in [3.05, 3.63) is 29.8 Å². The van der Waals surface area contributed by atoms with Gasteiger partial charge < -0.3 is 20.1 Å². The number of aryl methyl sites for hydroxylation is 1. The van der Waals surface area contributed by atoms with E-state index in [4.69, 9.17) is 9.84 Å². The molecular formula is C17H26N2O4. The molecule has 23 heavy (non-hydrogen) atoms. The normalized spacial score (nSPS) is 13.0. The van der Waals surface area contributed by atoms with Gasteiger partial charge in [-0.1, -0.05) is 26.0 Å². The molecule has 0 heterocycles. The molecule has 1 rings (SSSR count). The van der Waals surface area contributed by atoms with E-state index in [9.17, 15) is 9.59 Å². The number of nitrogens with one attached hydrogen (secondary N) is 1. The molecule has 0 radical (unpaired) electrons. The summed E-state index contributed by atoms with van der Waals surface area (Å²) in [6.07, 6.45) is 0.620. The molecule has 128 valence electrons. The van der Waals surface area contributed by atoms with Crippen molar-refractivity contribution in [2.24, 2.45) is 5.92 Å². The molecule has 6 nitrogen and oxygen atoms in total. The fourth-order valence-electron chi connectivity index (χ4n) is 2.06. The molecule has 0 saturated heterocycles. The zero-order valence-electron chi connectivity index (χ0n) is 14.2. The molecule has 2 unspecified atom stereocenters. The standard InChI is InChI=1S/C17H26N2O4/c1-5-14(23-15-8-6-7-12(2)9-15)10-18-17(22)19(4)11-13(3)16(20)21/h6-9,13-14H,5,10-11H2,1-4H3,(H,18,22)(H,20,21). The lowest BCUT2D eigenvalue weighted by molar-refractivity contribution is -0.141. The highest BCUT2D eigenvalue weighted by atomic mass is 16.5. The molecule has 0 aliphatic rings. The maximum absolute atomic E-state index is 12.0. The van der Waals surface area contributed by atoms with Crippen molar-refractivity contribution in [3.63, 3.8) is 0 Å². The van der Waals surface area contributed by atoms with Crippen LogP contribution in [0.2, 0.25) is 0 Å². The Labute approximate surface area is 137 Å². The van der Waals surface area contributed by atoms with Crippen LogP contribution in [0.3, 0.4) is 0 Å². The Morgan fingerprint density at radius 2 is 2.09 bits per heavy atom. The van der Waals surface area contributed by atoms with Crippen LogP contribution >= 0.6 is 0 Å². The highest BCUT2D eigenvalue weighted by molar-refractivity contribution is 5.75. The second-order valence-corrected chi connectivity index (χ2v) is 5.77. The molecule has 6 heteroatoms. The number of carboxylic acids is 1. The maximum atomic E-state index is 12.0. The van der Waals surface area contributed by atoms with E-state index < -0.39 is 11.9 Å². The number of amides is 2. The smallest absolute Gasteiger partial charge is 0.317 e. The predicted octanol–water partition coefficient (Wildman–Crippen LogP) is 2.51. The first-order chi connectivity index (χ1) is 10.8. The van der Waals surface area contributed by atoms with E-state index in [1.807, 2.05) is 38.1 Å². The van der Waals surface area contributed by atoms with Gasteiger partial charge in [0.15, 0.2) is 0 Å². The second-order valence-electron chi connectivity index (χ2n) is 5.77. The summed E-state index contributed by atoms with van der Waals surface area (Å²) in [5.41, 5.74) is 1.11. The molecule has 0 aromatic heterocycles. The number of hydrogen-bond acceptors (Lipinski definition) is 3. The topological polar surface area (TPSA) is 78.9 Å². The quantitative estimate of drug-likeness (QED) is 0.771. The number of carbonyl (C=O) groups is 2. The van der Waals surface area contributed by atoms with Crippen molar-refractivity contribution in [1.29, 1.82) is 0 Å². The van der Waals surface area contributed by atoms with E-state index in [2.05, 4.69) is 5.32 Å². The molecule has 2 N–H and O–H groups in total. The van der Waals surface area contributed by atoms with Crippen molar-refractivity contribution < 1.29 is 19.4 Å². The van der Waals surface area contributed by atoms with Gasteiger partial charge in [0.1, 0.15) is 11.9 Å². The van der Waals surface area contributed by atoms with Crippen LogP contribution in [0.4, 0.5) is 4.79 Å². The van der Waals surface area contributed by atoms with Crippen molar-refractivity contribution in [1.82, 2.24) is 10.2 Å². The van der Waals surface area contributed by atoms with Crippen LogP contribution < -0.4 is 10.1 Å². The van der Waals surface area contributed by atoms with Gasteiger partial charge in [-0.2, -0.15) is 0 Å². The van der Waals surface area contributed by atoms with Crippen LogP contribution in [0.15, 0.2) is 24.3 Å². The van der Waals surface area contributed by atoms with Gasteiger partial charge in [0.05, 0.1) is 12.5 Å². The summed E-state index contributed by atoms with van der Waals surface area (Å²) < 4.78 is 5.87. The van der Waals surface area contributed by atoms with Crippen LogP contribution in [0.25, 0.3) is 0 Å². The fraction of sp³-hybridized carbons (Fsp3) is 0.529. The number of aliphatic carboxylic acids is 1. The minimum atomic E-state index is -0.918. The van der Waals surface area contributed by atoms with E-state index >= 15 is 0 Å². The number of rotatable bonds is 8. The number of carboxylic acid groups (broad SMARTS) is 1. The monoisotopic (exact) mass is 322 g/mol. The summed E-state index contributed by atoms with van der Waals surface area (Å²) >= 11 is 0. The van der Waals surface area contributed by atoms with Gasteiger partial charge in [0.2, 0.25) is 0 Å². The predicted molar refractivity (Wildman–Crippen MR) is 88.7 cm³/mol. The van der Waals surface area contributed by atoms with Crippen molar-refractivity contribution in [3.8, 4) is 5.75 Å². The summed E-state index contributed by atoms with van der Waals surface area (Å²) in [7, 11) is 1.58. The van der Waals surface area contributed by atoms with Gasteiger partial charge in [-0.25, -0.2) is 4.79 Å². The van der Waals surface area contributed by atoms with Gasteiger partial charge in [-0.05, 0) is 31.0 Å². The van der Waals surface area contributed by atoms with Crippen molar-refractivity contribution in [2.45, 2.75) is 33.3 Å². The summed E-state index contributed by atoms with van der Waals surface area (Å²) in [5.74, 6) is -0.742. The molecule has 1 aromatic carbocycles. The highest BCUT2D eigenvalue weighted by Crippen LogP contribution is 2.15. The summed E-state index contributed by atoms with van der Waals surface area (Å²) in [6.45, 7) is 6.09. The van der Waals surface area contributed by atoms with E-state index in [0.29, 0.717) is 6.54 Å². The Kier molecular flexibility index (Phi) is 7.38. The summed E-state index contributed by atoms with van der Waals surface area (Å²) in [4.78, 5) is 24.2. The third-order valence-corrected chi connectivity index (χ3v) is 3.54. The third kappa shape index (κ3) is 6.59. The Balaban J connectivity index is 2.47. The number of ether oxygens (including phenoxy) is 1. The number of hydrogen-bond donors (Lipinski definition) is 2. The van der Waals surface area contributed by atoms with Crippen LogP contribution in [0.5, 0.6) is 5.75 Å². The molecule has 0 spiro atoms. The van der Waals surface area contributed by atoms with Crippen LogP contribution in [0, 0.1) is 12.8 Å². The van der Waals surface area contributed by atoms with Crippen LogP contribution in [-0.2, 0) is 4.79 Å². The van der Waals surface area contributed by atoms with Gasteiger partial charge in [0.25, 0.3) is 0 Å². The van der Waals surface area contributed by atoms with E-state index in [0.717, 1.165) is 17.7 Å². The van der Waals surface area contributed by atoms with Gasteiger partial charge in [-0.15, -0.1) is 0 Å². The molecule has 2 atom stereocenters. The minimum Gasteiger partial charge on any atom is -0.489 e. The SMILES string of the molecule is CCC(CNC(=O)N(C)CC(C)C(=O)O)Oc1cccc(C)c1. The zero-order valence-corrected chi connectivity index (χ0v) is 14.2. The van der Waals surface area contributed by atoms with Crippen LogP contribution in [0.1, 0.15) is 25.8 Å². The first-order valence-corrected chi connectivity index (χ1v) is 7.78. The molecule has 0 aliphatic heterocycles. The van der Waals surface area contributed by atoms with Gasteiger partial charge in [-0.3, -0.25) is 4.79 Å². The molecule has 0 saturated carbocycles. The molecule has 2 amide bonds. The van der Waals surface area contributed by atoms with E-state index in [1.54, 1.807) is 14.0 Å². The Hall–Kier alpha value is -2.24. The number of urea groups is 1. The number of carbonyl (C=O) groups excluding carboxylic acids is 1. The van der Waals surface area contributed by atoms with E-state index in [-0.39, 0.29) is 18.7 Å². The minimum absolute atomic E-state index is 0.133. The number of benzene rings is 1. The van der Waals surface area contributed by atoms with Crippen molar-refractivity contribution >= 4 is 12.0 Å². The average Bonchev–Trinajstić information content (AvgIpc) is 2.50. The molecule has 1 aromatic rings.